The van der Waals surface area contributed by atoms with Crippen LogP contribution in [0.5, 0.6) is 0 Å². The van der Waals surface area contributed by atoms with Crippen molar-refractivity contribution >= 4 is 5.91 Å². The van der Waals surface area contributed by atoms with E-state index in [0.29, 0.717) is 5.56 Å². The van der Waals surface area contributed by atoms with Gasteiger partial charge in [-0.05, 0) is 13.0 Å². The first kappa shape index (κ1) is 15.1. The topological polar surface area (TPSA) is 69.0 Å². The molecule has 0 aliphatic carbocycles. The standard InChI is InChI=1S/C14H17FN4O2/c1-14(21-3,10-6-4-5-7-11(10)15)9-16-13(20)12-8-19(2)18-17-12/h4-8H,9H2,1-3H3,(H,16,20)/t14-/m0/s1. The zero-order valence-electron chi connectivity index (χ0n) is 12.1. The molecule has 1 amide bonds. The molecule has 0 spiro atoms. The van der Waals surface area contributed by atoms with Crippen molar-refractivity contribution in [2.45, 2.75) is 12.5 Å². The van der Waals surface area contributed by atoms with Gasteiger partial charge in [0.2, 0.25) is 0 Å². The number of rotatable bonds is 5. The largest absolute Gasteiger partial charge is 0.372 e. The highest BCUT2D eigenvalue weighted by atomic mass is 19.1. The number of hydrogen-bond acceptors (Lipinski definition) is 4. The molecule has 0 unspecified atom stereocenters. The minimum atomic E-state index is -0.969. The van der Waals surface area contributed by atoms with E-state index < -0.39 is 5.60 Å². The normalized spacial score (nSPS) is 13.7. The van der Waals surface area contributed by atoms with E-state index in [2.05, 4.69) is 15.6 Å². The fraction of sp³-hybridized carbons (Fsp3) is 0.357. The Balaban J connectivity index is 2.12. The van der Waals surface area contributed by atoms with Crippen LogP contribution >= 0.6 is 0 Å². The molecule has 1 heterocycles. The summed E-state index contributed by atoms with van der Waals surface area (Å²) in [5.41, 5.74) is -0.389. The van der Waals surface area contributed by atoms with E-state index in [1.54, 1.807) is 32.2 Å². The van der Waals surface area contributed by atoms with E-state index in [-0.39, 0.29) is 24.0 Å². The maximum atomic E-state index is 13.9. The first-order valence-corrected chi connectivity index (χ1v) is 6.41. The zero-order valence-corrected chi connectivity index (χ0v) is 12.1. The molecule has 0 saturated carbocycles. The van der Waals surface area contributed by atoms with Gasteiger partial charge in [0.15, 0.2) is 5.69 Å². The minimum Gasteiger partial charge on any atom is -0.372 e. The molecule has 1 atom stereocenters. The predicted octanol–water partition coefficient (Wildman–Crippen LogP) is 1.25. The van der Waals surface area contributed by atoms with Crippen LogP contribution in [0.1, 0.15) is 23.0 Å². The van der Waals surface area contributed by atoms with Crippen LogP contribution in [0.3, 0.4) is 0 Å². The van der Waals surface area contributed by atoms with E-state index in [1.807, 2.05) is 0 Å². The summed E-state index contributed by atoms with van der Waals surface area (Å²) in [6.07, 6.45) is 1.50. The van der Waals surface area contributed by atoms with Gasteiger partial charge in [-0.15, -0.1) is 5.10 Å². The summed E-state index contributed by atoms with van der Waals surface area (Å²) in [4.78, 5) is 12.0. The summed E-state index contributed by atoms with van der Waals surface area (Å²) >= 11 is 0. The van der Waals surface area contributed by atoms with Crippen molar-refractivity contribution in [3.8, 4) is 0 Å². The Morgan fingerprint density at radius 1 is 1.48 bits per heavy atom. The highest BCUT2D eigenvalue weighted by Crippen LogP contribution is 2.26. The van der Waals surface area contributed by atoms with Gasteiger partial charge in [0.1, 0.15) is 11.4 Å². The van der Waals surface area contributed by atoms with Gasteiger partial charge >= 0.3 is 0 Å². The van der Waals surface area contributed by atoms with Crippen LogP contribution in [-0.4, -0.2) is 34.6 Å². The Morgan fingerprint density at radius 3 is 2.76 bits per heavy atom. The second-order valence-corrected chi connectivity index (χ2v) is 4.87. The van der Waals surface area contributed by atoms with Crippen molar-refractivity contribution in [3.63, 3.8) is 0 Å². The van der Waals surface area contributed by atoms with Gasteiger partial charge in [-0.3, -0.25) is 9.48 Å². The molecule has 0 aliphatic rings. The Bertz CT molecular complexity index is 643. The lowest BCUT2D eigenvalue weighted by atomic mass is 9.95. The second kappa shape index (κ2) is 6.01. The second-order valence-electron chi connectivity index (χ2n) is 4.87. The van der Waals surface area contributed by atoms with Gasteiger partial charge in [0.05, 0.1) is 12.7 Å². The number of aromatic nitrogens is 3. The quantitative estimate of drug-likeness (QED) is 0.900. The highest BCUT2D eigenvalue weighted by Gasteiger charge is 2.30. The van der Waals surface area contributed by atoms with E-state index in [0.717, 1.165) is 0 Å². The van der Waals surface area contributed by atoms with Gasteiger partial charge in [-0.25, -0.2) is 4.39 Å². The Hall–Kier alpha value is -2.28. The van der Waals surface area contributed by atoms with Gasteiger partial charge in [0, 0.05) is 19.7 Å². The van der Waals surface area contributed by atoms with Crippen LogP contribution < -0.4 is 5.32 Å². The van der Waals surface area contributed by atoms with Crippen molar-refractivity contribution in [1.82, 2.24) is 20.3 Å². The van der Waals surface area contributed by atoms with Crippen LogP contribution in [-0.2, 0) is 17.4 Å². The number of hydrogen-bond donors (Lipinski definition) is 1. The molecule has 1 aromatic carbocycles. The van der Waals surface area contributed by atoms with Crippen molar-refractivity contribution in [2.75, 3.05) is 13.7 Å². The molecular formula is C14H17FN4O2. The molecule has 0 fully saturated rings. The average molecular weight is 292 g/mol. The average Bonchev–Trinajstić information content (AvgIpc) is 2.91. The molecule has 2 rings (SSSR count). The summed E-state index contributed by atoms with van der Waals surface area (Å²) in [6, 6.07) is 6.32. The number of benzene rings is 1. The first-order valence-electron chi connectivity index (χ1n) is 6.41. The zero-order chi connectivity index (χ0) is 15.5. The van der Waals surface area contributed by atoms with Crippen LogP contribution in [0.15, 0.2) is 30.5 Å². The number of ether oxygens (including phenoxy) is 1. The molecule has 7 heteroatoms. The SMILES string of the molecule is CO[C@@](C)(CNC(=O)c1cn(C)nn1)c1ccccc1F. The molecule has 112 valence electrons. The third-order valence-electron chi connectivity index (χ3n) is 3.32. The maximum Gasteiger partial charge on any atom is 0.273 e. The number of nitrogens with zero attached hydrogens (tertiary/aromatic N) is 3. The number of aryl methyl sites for hydroxylation is 1. The van der Waals surface area contributed by atoms with Crippen LogP contribution in [0.2, 0.25) is 0 Å². The van der Waals surface area contributed by atoms with Crippen molar-refractivity contribution in [2.24, 2.45) is 7.05 Å². The fourth-order valence-corrected chi connectivity index (χ4v) is 1.96. The number of carbonyl (C=O) groups excluding carboxylic acids is 1. The molecule has 1 aromatic heterocycles. The Labute approximate surface area is 121 Å². The van der Waals surface area contributed by atoms with E-state index in [4.69, 9.17) is 4.74 Å². The van der Waals surface area contributed by atoms with Crippen molar-refractivity contribution < 1.29 is 13.9 Å². The summed E-state index contributed by atoms with van der Waals surface area (Å²) in [6.45, 7) is 1.82. The molecule has 0 radical (unpaired) electrons. The molecule has 0 saturated heterocycles. The smallest absolute Gasteiger partial charge is 0.273 e. The fourth-order valence-electron chi connectivity index (χ4n) is 1.96. The number of carbonyl (C=O) groups is 1. The molecule has 6 nitrogen and oxygen atoms in total. The minimum absolute atomic E-state index is 0.111. The van der Waals surface area contributed by atoms with Gasteiger partial charge < -0.3 is 10.1 Å². The molecule has 2 aromatic rings. The lowest BCUT2D eigenvalue weighted by Crippen LogP contribution is -2.40. The lowest BCUT2D eigenvalue weighted by Gasteiger charge is -2.29. The molecule has 0 aliphatic heterocycles. The van der Waals surface area contributed by atoms with Gasteiger partial charge in [0.25, 0.3) is 5.91 Å². The van der Waals surface area contributed by atoms with Crippen LogP contribution in [0.25, 0.3) is 0 Å². The monoisotopic (exact) mass is 292 g/mol. The third-order valence-corrected chi connectivity index (χ3v) is 3.32. The first-order chi connectivity index (χ1) is 9.96. The van der Waals surface area contributed by atoms with Gasteiger partial charge in [-0.2, -0.15) is 0 Å². The van der Waals surface area contributed by atoms with Crippen LogP contribution in [0, 0.1) is 5.82 Å². The highest BCUT2D eigenvalue weighted by molar-refractivity contribution is 5.91. The van der Waals surface area contributed by atoms with Crippen molar-refractivity contribution in [1.29, 1.82) is 0 Å². The number of halogens is 1. The number of nitrogens with one attached hydrogen (secondary N) is 1. The maximum absolute atomic E-state index is 13.9. The van der Waals surface area contributed by atoms with Crippen molar-refractivity contribution in [3.05, 3.63) is 47.5 Å². The van der Waals surface area contributed by atoms with Gasteiger partial charge in [-0.1, -0.05) is 23.4 Å². The molecule has 0 bridgehead atoms. The van der Waals surface area contributed by atoms with E-state index in [9.17, 15) is 9.18 Å². The summed E-state index contributed by atoms with van der Waals surface area (Å²) in [5, 5.41) is 10.1. The molecule has 21 heavy (non-hydrogen) atoms. The summed E-state index contributed by atoms with van der Waals surface area (Å²) < 4.78 is 20.7. The van der Waals surface area contributed by atoms with E-state index >= 15 is 0 Å². The molecular weight excluding hydrogens is 275 g/mol. The molecule has 1 N–H and O–H groups in total. The van der Waals surface area contributed by atoms with E-state index in [1.165, 1.54) is 24.1 Å². The third kappa shape index (κ3) is 3.25. The summed E-state index contributed by atoms with van der Waals surface area (Å²) in [7, 11) is 3.14. The summed E-state index contributed by atoms with van der Waals surface area (Å²) in [5.74, 6) is -0.765. The lowest BCUT2D eigenvalue weighted by molar-refractivity contribution is 0.000348. The van der Waals surface area contributed by atoms with Crippen LogP contribution in [0.4, 0.5) is 4.39 Å². The number of amides is 1. The predicted molar refractivity (Wildman–Crippen MR) is 74.1 cm³/mol. The number of methoxy groups -OCH3 is 1. The Morgan fingerprint density at radius 2 is 2.19 bits per heavy atom. The Kier molecular flexibility index (Phi) is 4.32.